The van der Waals surface area contributed by atoms with Crippen molar-refractivity contribution in [3.8, 4) is 0 Å². The monoisotopic (exact) mass is 343 g/mol. The Labute approximate surface area is 148 Å². The third-order valence-corrected chi connectivity index (χ3v) is 4.68. The Bertz CT molecular complexity index is 717. The zero-order valence-electron chi connectivity index (χ0n) is 15.2. The first kappa shape index (κ1) is 17.5. The number of esters is 1. The van der Waals surface area contributed by atoms with Gasteiger partial charge < -0.3 is 9.47 Å². The molecule has 2 aliphatic heterocycles. The van der Waals surface area contributed by atoms with E-state index in [1.165, 1.54) is 7.11 Å². The molecule has 0 radical (unpaired) electrons. The summed E-state index contributed by atoms with van der Waals surface area (Å²) in [6.07, 6.45) is 4.45. The van der Waals surface area contributed by atoms with Crippen LogP contribution in [0.25, 0.3) is 5.57 Å². The van der Waals surface area contributed by atoms with Crippen LogP contribution in [0.2, 0.25) is 0 Å². The number of benzene rings is 1. The maximum Gasteiger partial charge on any atom is 0.411 e. The van der Waals surface area contributed by atoms with Crippen LogP contribution in [0, 0.1) is 0 Å². The van der Waals surface area contributed by atoms with E-state index in [1.54, 1.807) is 6.07 Å². The molecule has 2 unspecified atom stereocenters. The van der Waals surface area contributed by atoms with E-state index in [1.807, 2.05) is 43.9 Å². The van der Waals surface area contributed by atoms with E-state index in [-0.39, 0.29) is 24.1 Å². The molecule has 134 valence electrons. The van der Waals surface area contributed by atoms with Crippen molar-refractivity contribution in [1.82, 2.24) is 4.90 Å². The predicted octanol–water partition coefficient (Wildman–Crippen LogP) is 4.03. The van der Waals surface area contributed by atoms with Crippen molar-refractivity contribution in [2.45, 2.75) is 57.7 Å². The Morgan fingerprint density at radius 1 is 1.16 bits per heavy atom. The highest BCUT2D eigenvalue weighted by Gasteiger charge is 2.42. The van der Waals surface area contributed by atoms with Crippen molar-refractivity contribution in [1.29, 1.82) is 0 Å². The number of amides is 1. The smallest absolute Gasteiger partial charge is 0.411 e. The van der Waals surface area contributed by atoms with Gasteiger partial charge in [0.15, 0.2) is 0 Å². The fourth-order valence-electron chi connectivity index (χ4n) is 3.68. The molecular formula is C20H25NO4. The lowest BCUT2D eigenvalue weighted by atomic mass is 9.91. The van der Waals surface area contributed by atoms with E-state index in [0.717, 1.165) is 30.4 Å². The molecule has 0 aromatic heterocycles. The number of hydrogen-bond acceptors (Lipinski definition) is 4. The van der Waals surface area contributed by atoms with Gasteiger partial charge in [0, 0.05) is 6.04 Å². The summed E-state index contributed by atoms with van der Waals surface area (Å²) < 4.78 is 10.5. The van der Waals surface area contributed by atoms with Gasteiger partial charge in [-0.1, -0.05) is 24.3 Å². The summed E-state index contributed by atoms with van der Waals surface area (Å²) in [7, 11) is 1.39. The second kappa shape index (κ2) is 6.54. The van der Waals surface area contributed by atoms with Gasteiger partial charge in [-0.3, -0.25) is 4.90 Å². The van der Waals surface area contributed by atoms with Gasteiger partial charge in [0.25, 0.3) is 0 Å². The van der Waals surface area contributed by atoms with Gasteiger partial charge in [0.05, 0.1) is 18.7 Å². The molecule has 25 heavy (non-hydrogen) atoms. The Balaban J connectivity index is 1.88. The van der Waals surface area contributed by atoms with E-state index >= 15 is 0 Å². The van der Waals surface area contributed by atoms with Crippen LogP contribution in [0.4, 0.5) is 4.79 Å². The SMILES string of the molecule is COC(=O)c1ccccc1C1=CC2CCC(C1)N2C(=O)OC(C)(C)C. The molecule has 5 nitrogen and oxygen atoms in total. The molecule has 0 saturated carbocycles. The minimum absolute atomic E-state index is 0.0225. The molecule has 2 bridgehead atoms. The Morgan fingerprint density at radius 2 is 1.88 bits per heavy atom. The predicted molar refractivity (Wildman–Crippen MR) is 95.3 cm³/mol. The van der Waals surface area contributed by atoms with Crippen LogP contribution < -0.4 is 0 Å². The molecule has 2 atom stereocenters. The molecular weight excluding hydrogens is 318 g/mol. The fourth-order valence-corrected chi connectivity index (χ4v) is 3.68. The van der Waals surface area contributed by atoms with E-state index in [4.69, 9.17) is 9.47 Å². The molecule has 1 amide bonds. The molecule has 5 heteroatoms. The van der Waals surface area contributed by atoms with Crippen LogP contribution in [0.15, 0.2) is 30.3 Å². The quantitative estimate of drug-likeness (QED) is 0.761. The number of methoxy groups -OCH3 is 1. The van der Waals surface area contributed by atoms with Crippen molar-refractivity contribution in [2.24, 2.45) is 0 Å². The first-order valence-electron chi connectivity index (χ1n) is 8.70. The molecule has 0 spiro atoms. The third-order valence-electron chi connectivity index (χ3n) is 4.68. The summed E-state index contributed by atoms with van der Waals surface area (Å²) in [4.78, 5) is 26.4. The number of nitrogens with zero attached hydrogens (tertiary/aromatic N) is 1. The van der Waals surface area contributed by atoms with E-state index in [0.29, 0.717) is 5.56 Å². The van der Waals surface area contributed by atoms with Crippen LogP contribution in [-0.4, -0.2) is 41.8 Å². The van der Waals surface area contributed by atoms with Crippen LogP contribution in [0.1, 0.15) is 56.0 Å². The minimum Gasteiger partial charge on any atom is -0.465 e. The van der Waals surface area contributed by atoms with Crippen molar-refractivity contribution in [3.63, 3.8) is 0 Å². The summed E-state index contributed by atoms with van der Waals surface area (Å²) >= 11 is 0. The first-order chi connectivity index (χ1) is 11.8. The molecule has 2 heterocycles. The first-order valence-corrected chi connectivity index (χ1v) is 8.70. The van der Waals surface area contributed by atoms with E-state index in [9.17, 15) is 9.59 Å². The second-order valence-electron chi connectivity index (χ2n) is 7.62. The minimum atomic E-state index is -0.502. The molecule has 1 aromatic carbocycles. The standard InChI is InChI=1S/C20H25NO4/c1-20(2,3)25-19(23)21-14-9-10-15(21)12-13(11-14)16-7-5-6-8-17(16)18(22)24-4/h5-8,11,14-15H,9-10,12H2,1-4H3. The molecule has 3 rings (SSSR count). The van der Waals surface area contributed by atoms with Gasteiger partial charge in [0.2, 0.25) is 0 Å². The summed E-state index contributed by atoms with van der Waals surface area (Å²) in [5.41, 5.74) is 2.07. The number of fused-ring (bicyclic) bond motifs is 2. The van der Waals surface area contributed by atoms with Crippen molar-refractivity contribution in [2.75, 3.05) is 7.11 Å². The highest BCUT2D eigenvalue weighted by molar-refractivity contribution is 5.95. The summed E-state index contributed by atoms with van der Waals surface area (Å²) in [6.45, 7) is 5.64. The lowest BCUT2D eigenvalue weighted by molar-refractivity contribution is 0.0174. The maximum atomic E-state index is 12.5. The van der Waals surface area contributed by atoms with Gasteiger partial charge in [-0.2, -0.15) is 0 Å². The lowest BCUT2D eigenvalue weighted by Crippen LogP contribution is -2.45. The van der Waals surface area contributed by atoms with Crippen LogP contribution in [0.3, 0.4) is 0 Å². The summed E-state index contributed by atoms with van der Waals surface area (Å²) in [6, 6.07) is 7.62. The number of carbonyl (C=O) groups excluding carboxylic acids is 2. The maximum absolute atomic E-state index is 12.5. The molecule has 1 aromatic rings. The normalized spacial score (nSPS) is 22.4. The molecule has 2 aliphatic rings. The van der Waals surface area contributed by atoms with E-state index in [2.05, 4.69) is 6.08 Å². The highest BCUT2D eigenvalue weighted by Crippen LogP contribution is 2.40. The molecule has 0 N–H and O–H groups in total. The fraction of sp³-hybridized carbons (Fsp3) is 0.500. The van der Waals surface area contributed by atoms with Crippen molar-refractivity contribution in [3.05, 3.63) is 41.5 Å². The van der Waals surface area contributed by atoms with Crippen LogP contribution in [-0.2, 0) is 9.47 Å². The number of carbonyl (C=O) groups is 2. The number of hydrogen-bond donors (Lipinski definition) is 0. The zero-order chi connectivity index (χ0) is 18.2. The van der Waals surface area contributed by atoms with Gasteiger partial charge >= 0.3 is 12.1 Å². The topological polar surface area (TPSA) is 55.8 Å². The summed E-state index contributed by atoms with van der Waals surface area (Å²) in [5, 5.41) is 0. The Kier molecular flexibility index (Phi) is 4.58. The van der Waals surface area contributed by atoms with E-state index < -0.39 is 5.60 Å². The molecule has 0 aliphatic carbocycles. The van der Waals surface area contributed by atoms with Gasteiger partial charge in [-0.05, 0) is 57.2 Å². The lowest BCUT2D eigenvalue weighted by Gasteiger charge is -2.35. The average Bonchev–Trinajstić information content (AvgIpc) is 2.83. The zero-order valence-corrected chi connectivity index (χ0v) is 15.2. The summed E-state index contributed by atoms with van der Waals surface area (Å²) in [5.74, 6) is -0.335. The van der Waals surface area contributed by atoms with Crippen LogP contribution >= 0.6 is 0 Å². The van der Waals surface area contributed by atoms with Crippen LogP contribution in [0.5, 0.6) is 0 Å². The number of ether oxygens (including phenoxy) is 2. The third kappa shape index (κ3) is 3.55. The molecule has 1 fully saturated rings. The Morgan fingerprint density at radius 3 is 2.52 bits per heavy atom. The largest absolute Gasteiger partial charge is 0.465 e. The van der Waals surface area contributed by atoms with Gasteiger partial charge in [-0.15, -0.1) is 0 Å². The van der Waals surface area contributed by atoms with Gasteiger partial charge in [0.1, 0.15) is 5.60 Å². The van der Waals surface area contributed by atoms with Crippen molar-refractivity contribution >= 4 is 17.6 Å². The Hall–Kier alpha value is -2.30. The number of rotatable bonds is 2. The average molecular weight is 343 g/mol. The highest BCUT2D eigenvalue weighted by atomic mass is 16.6. The molecule has 1 saturated heterocycles. The second-order valence-corrected chi connectivity index (χ2v) is 7.62. The van der Waals surface area contributed by atoms with Gasteiger partial charge in [-0.25, -0.2) is 9.59 Å². The van der Waals surface area contributed by atoms with Crippen molar-refractivity contribution < 1.29 is 19.1 Å².